The molecule has 46 heavy (non-hydrogen) atoms. The number of fused-ring (bicyclic) bond motifs is 1. The minimum Gasteiger partial charge on any atom is -0.365 e. The van der Waals surface area contributed by atoms with Crippen LogP contribution in [0.15, 0.2) is 87.2 Å². The summed E-state index contributed by atoms with van der Waals surface area (Å²) in [6, 6.07) is 19.0. The van der Waals surface area contributed by atoms with Gasteiger partial charge >= 0.3 is 0 Å². The zero-order valence-electron chi connectivity index (χ0n) is 25.4. The van der Waals surface area contributed by atoms with Crippen molar-refractivity contribution in [2.45, 2.75) is 13.5 Å². The second-order valence-electron chi connectivity index (χ2n) is 10.6. The van der Waals surface area contributed by atoms with E-state index < -0.39 is 22.9 Å². The average molecular weight is 617 g/mol. The number of benzene rings is 2. The maximum Gasteiger partial charge on any atom is 0.291 e. The summed E-state index contributed by atoms with van der Waals surface area (Å²) < 4.78 is 11.1. The van der Waals surface area contributed by atoms with Crippen molar-refractivity contribution in [1.82, 2.24) is 23.7 Å². The molecule has 0 saturated carbocycles. The van der Waals surface area contributed by atoms with Crippen LogP contribution in [0.2, 0.25) is 0 Å². The molecule has 4 heterocycles. The molecule has 13 nitrogen and oxygen atoms in total. The first kappa shape index (κ1) is 29.6. The summed E-state index contributed by atoms with van der Waals surface area (Å²) >= 11 is 0. The number of nitrogens with one attached hydrogen (secondary N) is 2. The van der Waals surface area contributed by atoms with Crippen molar-refractivity contribution in [1.29, 1.82) is 5.26 Å². The Hall–Kier alpha value is -6.42. The van der Waals surface area contributed by atoms with Gasteiger partial charge in [0, 0.05) is 68.5 Å². The third-order valence-corrected chi connectivity index (χ3v) is 7.64. The van der Waals surface area contributed by atoms with Crippen molar-refractivity contribution in [2.75, 3.05) is 10.6 Å². The lowest BCUT2D eigenvalue weighted by molar-refractivity contribution is 0.101. The van der Waals surface area contributed by atoms with Crippen LogP contribution >= 0.6 is 0 Å². The van der Waals surface area contributed by atoms with Crippen molar-refractivity contribution < 1.29 is 14.1 Å². The van der Waals surface area contributed by atoms with Crippen molar-refractivity contribution in [2.24, 2.45) is 21.1 Å². The Balaban J connectivity index is 1.36. The number of amides is 2. The van der Waals surface area contributed by atoms with E-state index in [0.717, 1.165) is 16.0 Å². The highest BCUT2D eigenvalue weighted by Crippen LogP contribution is 2.31. The number of nitrogens with zero attached hydrogens (tertiary/aromatic N) is 6. The lowest BCUT2D eigenvalue weighted by Gasteiger charge is -2.13. The minimum absolute atomic E-state index is 0.0476. The third-order valence-electron chi connectivity index (χ3n) is 7.64. The van der Waals surface area contributed by atoms with Gasteiger partial charge < -0.3 is 24.3 Å². The van der Waals surface area contributed by atoms with E-state index in [2.05, 4.69) is 15.7 Å². The molecule has 0 spiro atoms. The highest BCUT2D eigenvalue weighted by Gasteiger charge is 2.23. The van der Waals surface area contributed by atoms with Crippen molar-refractivity contribution in [3.8, 4) is 28.5 Å². The number of pyridine rings is 1. The normalized spacial score (nSPS) is 11.0. The topological polar surface area (TPSA) is 162 Å². The first-order valence-corrected chi connectivity index (χ1v) is 14.3. The smallest absolute Gasteiger partial charge is 0.291 e. The number of hydrogen-bond donors (Lipinski definition) is 2. The van der Waals surface area contributed by atoms with Crippen molar-refractivity contribution in [3.05, 3.63) is 111 Å². The van der Waals surface area contributed by atoms with Gasteiger partial charge in [0.15, 0.2) is 5.82 Å². The predicted molar refractivity (Wildman–Crippen MR) is 172 cm³/mol. The lowest BCUT2D eigenvalue weighted by Crippen LogP contribution is -2.28. The van der Waals surface area contributed by atoms with Crippen LogP contribution in [0.3, 0.4) is 0 Å². The maximum absolute atomic E-state index is 13.8. The van der Waals surface area contributed by atoms with Gasteiger partial charge in [-0.3, -0.25) is 23.9 Å². The van der Waals surface area contributed by atoms with Gasteiger partial charge in [0.1, 0.15) is 17.2 Å². The number of nitriles is 1. The Morgan fingerprint density at radius 3 is 2.35 bits per heavy atom. The zero-order chi connectivity index (χ0) is 32.7. The lowest BCUT2D eigenvalue weighted by atomic mass is 10.0. The molecular weight excluding hydrogens is 588 g/mol. The van der Waals surface area contributed by atoms with E-state index in [0.29, 0.717) is 40.1 Å². The highest BCUT2D eigenvalue weighted by molar-refractivity contribution is 6.13. The monoisotopic (exact) mass is 616 g/mol. The van der Waals surface area contributed by atoms with E-state index in [9.17, 15) is 24.4 Å². The summed E-state index contributed by atoms with van der Waals surface area (Å²) in [5.74, 6) is -0.711. The second-order valence-corrected chi connectivity index (χ2v) is 10.6. The predicted octanol–water partition coefficient (Wildman–Crippen LogP) is 4.10. The molecule has 0 aliphatic rings. The van der Waals surface area contributed by atoms with Gasteiger partial charge in [0.05, 0.1) is 5.52 Å². The van der Waals surface area contributed by atoms with Crippen LogP contribution in [-0.4, -0.2) is 35.5 Å². The molecule has 6 rings (SSSR count). The molecule has 0 aliphatic heterocycles. The largest absolute Gasteiger partial charge is 0.365 e. The minimum atomic E-state index is -0.622. The summed E-state index contributed by atoms with van der Waals surface area (Å²) in [7, 11) is 4.76. The number of carbonyl (C=O) groups is 2. The van der Waals surface area contributed by atoms with Crippen LogP contribution in [0.5, 0.6) is 0 Å². The van der Waals surface area contributed by atoms with Gasteiger partial charge in [-0.25, -0.2) is 0 Å². The molecule has 0 atom stereocenters. The van der Waals surface area contributed by atoms with Crippen LogP contribution in [0.1, 0.15) is 33.4 Å². The molecular formula is C33H28N8O5. The molecule has 4 aromatic heterocycles. The van der Waals surface area contributed by atoms with E-state index in [4.69, 9.17) is 4.52 Å². The summed E-state index contributed by atoms with van der Waals surface area (Å²) in [5.41, 5.74) is 2.37. The van der Waals surface area contributed by atoms with E-state index in [1.54, 1.807) is 67.6 Å². The molecule has 0 saturated heterocycles. The average Bonchev–Trinajstić information content (AvgIpc) is 3.71. The molecule has 2 aromatic carbocycles. The Labute approximate surface area is 261 Å². The number of carbonyl (C=O) groups excluding carboxylic acids is 2. The summed E-state index contributed by atoms with van der Waals surface area (Å²) in [6.07, 6.45) is 3.38. The van der Waals surface area contributed by atoms with E-state index >= 15 is 0 Å². The number of aromatic nitrogens is 5. The van der Waals surface area contributed by atoms with Gasteiger partial charge in [-0.1, -0.05) is 30.3 Å². The molecule has 0 bridgehead atoms. The van der Waals surface area contributed by atoms with Gasteiger partial charge in [-0.05, 0) is 42.3 Å². The quantitative estimate of drug-likeness (QED) is 0.273. The van der Waals surface area contributed by atoms with Crippen LogP contribution < -0.4 is 21.8 Å². The Kier molecular flexibility index (Phi) is 7.47. The van der Waals surface area contributed by atoms with Crippen molar-refractivity contribution in [3.63, 3.8) is 0 Å². The van der Waals surface area contributed by atoms with E-state index in [-0.39, 0.29) is 16.9 Å². The summed E-state index contributed by atoms with van der Waals surface area (Å²) in [5, 5.41) is 19.7. The standard InChI is InChI=1S/C33H28N8O5/c1-5-41-24(19-9-11-20(12-10-19)27-25(17-34)46-40(4)33(27)45)16-22-18-38(2)32(44)28(29(22)41)31(43)35-23-8-6-7-21(15-23)30(42)36-26-13-14-39(3)37-26/h6-16,18H,5H2,1-4H3,(H,35,43)(H,36,37,42). The van der Waals surface area contributed by atoms with Gasteiger partial charge in [0.2, 0.25) is 5.76 Å². The molecule has 230 valence electrons. The van der Waals surface area contributed by atoms with Gasteiger partial charge in [-0.15, -0.1) is 0 Å². The number of hydrogen-bond acceptors (Lipinski definition) is 7. The Bertz CT molecular complexity index is 2330. The van der Waals surface area contributed by atoms with E-state index in [1.165, 1.54) is 17.7 Å². The fourth-order valence-corrected chi connectivity index (χ4v) is 5.48. The fraction of sp³-hybridized carbons (Fsp3) is 0.152. The van der Waals surface area contributed by atoms with Crippen LogP contribution in [0.4, 0.5) is 11.5 Å². The molecule has 13 heteroatoms. The van der Waals surface area contributed by atoms with Gasteiger partial charge in [-0.2, -0.15) is 15.1 Å². The molecule has 0 fully saturated rings. The molecule has 2 amide bonds. The van der Waals surface area contributed by atoms with Crippen LogP contribution in [0, 0.1) is 11.3 Å². The molecule has 2 N–H and O–H groups in total. The van der Waals surface area contributed by atoms with E-state index in [1.807, 2.05) is 35.8 Å². The molecule has 0 unspecified atom stereocenters. The SMILES string of the molecule is CCn1c(-c2ccc(-c3c(C#N)on(C)c3=O)cc2)cc2cn(C)c(=O)c(C(=O)Nc3cccc(C(=O)Nc4ccn(C)n4)c3)c21. The first-order valence-electron chi connectivity index (χ1n) is 14.3. The number of anilines is 2. The first-order chi connectivity index (χ1) is 22.1. The maximum atomic E-state index is 13.8. The zero-order valence-corrected chi connectivity index (χ0v) is 25.4. The van der Waals surface area contributed by atoms with Crippen LogP contribution in [-0.2, 0) is 27.7 Å². The summed E-state index contributed by atoms with van der Waals surface area (Å²) in [6.45, 7) is 2.35. The third kappa shape index (κ3) is 5.17. The van der Waals surface area contributed by atoms with Gasteiger partial charge in [0.25, 0.3) is 22.9 Å². The fourth-order valence-electron chi connectivity index (χ4n) is 5.48. The molecule has 0 aliphatic carbocycles. The number of aryl methyl sites for hydroxylation is 4. The Morgan fingerprint density at radius 2 is 1.67 bits per heavy atom. The van der Waals surface area contributed by atoms with Crippen LogP contribution in [0.25, 0.3) is 33.3 Å². The second kappa shape index (κ2) is 11.6. The molecule has 6 aromatic rings. The Morgan fingerprint density at radius 1 is 0.935 bits per heavy atom. The number of rotatable bonds is 7. The molecule has 0 radical (unpaired) electrons. The summed E-state index contributed by atoms with van der Waals surface area (Å²) in [4.78, 5) is 52.6. The van der Waals surface area contributed by atoms with Crippen molar-refractivity contribution >= 4 is 34.2 Å². The highest BCUT2D eigenvalue weighted by atomic mass is 16.5.